The number of likely N-dealkylation sites (N-methyl/N-ethyl adjacent to an activating group) is 1. The van der Waals surface area contributed by atoms with Crippen molar-refractivity contribution < 1.29 is 5.11 Å². The van der Waals surface area contributed by atoms with E-state index in [1.54, 1.807) is 0 Å². The molecule has 2 aromatic rings. The SMILES string of the molecule is CN(CCO)c1ccc(NC2CSCCc3ccccc32)cc1. The van der Waals surface area contributed by atoms with E-state index >= 15 is 0 Å². The van der Waals surface area contributed by atoms with Gasteiger partial charge in [-0.25, -0.2) is 0 Å². The van der Waals surface area contributed by atoms with Gasteiger partial charge in [-0.3, -0.25) is 0 Å². The van der Waals surface area contributed by atoms with Gasteiger partial charge in [-0.15, -0.1) is 0 Å². The summed E-state index contributed by atoms with van der Waals surface area (Å²) in [6, 6.07) is 17.6. The molecular weight excluding hydrogens is 304 g/mol. The van der Waals surface area contributed by atoms with Crippen LogP contribution in [-0.4, -0.2) is 36.8 Å². The standard InChI is InChI=1S/C19H24N2OS/c1-21(11-12-22)17-8-6-16(7-9-17)20-19-14-23-13-10-15-4-2-3-5-18(15)19/h2-9,19-20,22H,10-14H2,1H3. The minimum atomic E-state index is 0.173. The summed E-state index contributed by atoms with van der Waals surface area (Å²) in [5.74, 6) is 2.29. The molecule has 122 valence electrons. The number of fused-ring (bicyclic) bond motifs is 1. The largest absolute Gasteiger partial charge is 0.395 e. The molecule has 1 aliphatic heterocycles. The summed E-state index contributed by atoms with van der Waals surface area (Å²) in [6.07, 6.45) is 1.16. The number of hydrogen-bond acceptors (Lipinski definition) is 4. The van der Waals surface area contributed by atoms with Gasteiger partial charge in [0.1, 0.15) is 0 Å². The van der Waals surface area contributed by atoms with E-state index in [0.29, 0.717) is 12.6 Å². The Morgan fingerprint density at radius 2 is 1.96 bits per heavy atom. The highest BCUT2D eigenvalue weighted by molar-refractivity contribution is 7.99. The summed E-state index contributed by atoms with van der Waals surface area (Å²) in [7, 11) is 2.00. The van der Waals surface area contributed by atoms with Gasteiger partial charge in [-0.2, -0.15) is 11.8 Å². The number of nitrogens with zero attached hydrogens (tertiary/aromatic N) is 1. The maximum absolute atomic E-state index is 9.03. The zero-order chi connectivity index (χ0) is 16.1. The highest BCUT2D eigenvalue weighted by Crippen LogP contribution is 2.30. The smallest absolute Gasteiger partial charge is 0.0606 e. The molecule has 2 aromatic carbocycles. The minimum absolute atomic E-state index is 0.173. The van der Waals surface area contributed by atoms with E-state index in [4.69, 9.17) is 5.11 Å². The first-order valence-electron chi connectivity index (χ1n) is 8.12. The van der Waals surface area contributed by atoms with Crippen molar-refractivity contribution >= 4 is 23.1 Å². The summed E-state index contributed by atoms with van der Waals surface area (Å²) in [4.78, 5) is 2.06. The van der Waals surface area contributed by atoms with E-state index in [1.165, 1.54) is 16.9 Å². The van der Waals surface area contributed by atoms with Gasteiger partial charge >= 0.3 is 0 Å². The predicted molar refractivity (Wildman–Crippen MR) is 101 cm³/mol. The van der Waals surface area contributed by atoms with Crippen molar-refractivity contribution in [2.24, 2.45) is 0 Å². The number of aliphatic hydroxyl groups excluding tert-OH is 1. The first kappa shape index (κ1) is 16.2. The van der Waals surface area contributed by atoms with Crippen LogP contribution in [0.15, 0.2) is 48.5 Å². The molecule has 3 rings (SSSR count). The number of aryl methyl sites for hydroxylation is 1. The molecule has 0 radical (unpaired) electrons. The number of thioether (sulfide) groups is 1. The normalized spacial score (nSPS) is 17.2. The fourth-order valence-electron chi connectivity index (χ4n) is 2.99. The Bertz CT molecular complexity index is 630. The molecule has 0 saturated carbocycles. The molecule has 0 amide bonds. The molecular formula is C19H24N2OS. The molecule has 2 N–H and O–H groups in total. The summed E-state index contributed by atoms with van der Waals surface area (Å²) in [6.45, 7) is 0.825. The fourth-order valence-corrected chi connectivity index (χ4v) is 4.02. The lowest BCUT2D eigenvalue weighted by atomic mass is 9.99. The Balaban J connectivity index is 1.74. The third kappa shape index (κ3) is 4.01. The molecule has 4 heteroatoms. The molecule has 1 atom stereocenters. The van der Waals surface area contributed by atoms with Crippen molar-refractivity contribution in [2.45, 2.75) is 12.5 Å². The van der Waals surface area contributed by atoms with E-state index in [9.17, 15) is 0 Å². The maximum Gasteiger partial charge on any atom is 0.0606 e. The zero-order valence-corrected chi connectivity index (χ0v) is 14.4. The Kier molecular flexibility index (Phi) is 5.47. The van der Waals surface area contributed by atoms with Crippen LogP contribution in [0.5, 0.6) is 0 Å². The van der Waals surface area contributed by atoms with Gasteiger partial charge in [0, 0.05) is 30.7 Å². The van der Waals surface area contributed by atoms with E-state index in [2.05, 4.69) is 58.7 Å². The summed E-state index contributed by atoms with van der Waals surface area (Å²) >= 11 is 2.02. The van der Waals surface area contributed by atoms with Gasteiger partial charge in [0.15, 0.2) is 0 Å². The average Bonchev–Trinajstić information content (AvgIpc) is 2.78. The monoisotopic (exact) mass is 328 g/mol. The van der Waals surface area contributed by atoms with Gasteiger partial charge in [-0.1, -0.05) is 24.3 Å². The second kappa shape index (κ2) is 7.75. The van der Waals surface area contributed by atoms with E-state index < -0.39 is 0 Å². The third-order valence-electron chi connectivity index (χ3n) is 4.32. The van der Waals surface area contributed by atoms with Gasteiger partial charge in [0.05, 0.1) is 12.6 Å². The molecule has 0 spiro atoms. The fraction of sp³-hybridized carbons (Fsp3) is 0.368. The molecule has 1 unspecified atom stereocenters. The Labute approximate surface area is 142 Å². The number of hydrogen-bond donors (Lipinski definition) is 2. The molecule has 23 heavy (non-hydrogen) atoms. The maximum atomic E-state index is 9.03. The Morgan fingerprint density at radius 3 is 2.74 bits per heavy atom. The van der Waals surface area contributed by atoms with E-state index in [-0.39, 0.29) is 6.61 Å². The number of nitrogens with one attached hydrogen (secondary N) is 1. The van der Waals surface area contributed by atoms with Crippen LogP contribution in [0.3, 0.4) is 0 Å². The van der Waals surface area contributed by atoms with Crippen LogP contribution in [0.1, 0.15) is 17.2 Å². The summed E-state index contributed by atoms with van der Waals surface area (Å²) in [5, 5.41) is 12.7. The molecule has 0 fully saturated rings. The molecule has 0 saturated heterocycles. The van der Waals surface area contributed by atoms with Crippen molar-refractivity contribution in [3.8, 4) is 0 Å². The lowest BCUT2D eigenvalue weighted by molar-refractivity contribution is 0.304. The van der Waals surface area contributed by atoms with Crippen LogP contribution in [0.25, 0.3) is 0 Å². The number of rotatable bonds is 5. The minimum Gasteiger partial charge on any atom is -0.395 e. The number of benzene rings is 2. The first-order chi connectivity index (χ1) is 11.3. The van der Waals surface area contributed by atoms with Crippen molar-refractivity contribution in [3.63, 3.8) is 0 Å². The van der Waals surface area contributed by atoms with Crippen LogP contribution in [0, 0.1) is 0 Å². The van der Waals surface area contributed by atoms with Gasteiger partial charge in [0.2, 0.25) is 0 Å². The van der Waals surface area contributed by atoms with Crippen LogP contribution >= 0.6 is 11.8 Å². The highest BCUT2D eigenvalue weighted by atomic mass is 32.2. The van der Waals surface area contributed by atoms with Gasteiger partial charge in [0.25, 0.3) is 0 Å². The van der Waals surface area contributed by atoms with E-state index in [1.807, 2.05) is 18.8 Å². The second-order valence-electron chi connectivity index (χ2n) is 5.91. The molecule has 0 aliphatic carbocycles. The van der Waals surface area contributed by atoms with E-state index in [0.717, 1.165) is 23.5 Å². The number of anilines is 2. The molecule has 1 heterocycles. The van der Waals surface area contributed by atoms with Crippen LogP contribution in [0.2, 0.25) is 0 Å². The average molecular weight is 328 g/mol. The van der Waals surface area contributed by atoms with Crippen LogP contribution in [0.4, 0.5) is 11.4 Å². The Hall–Kier alpha value is -1.65. The summed E-state index contributed by atoms with van der Waals surface area (Å²) in [5.41, 5.74) is 5.17. The summed E-state index contributed by atoms with van der Waals surface area (Å²) < 4.78 is 0. The van der Waals surface area contributed by atoms with Gasteiger partial charge in [-0.05, 0) is 47.6 Å². The lowest BCUT2D eigenvalue weighted by Gasteiger charge is -2.22. The van der Waals surface area contributed by atoms with Crippen molar-refractivity contribution in [2.75, 3.05) is 41.9 Å². The van der Waals surface area contributed by atoms with Crippen molar-refractivity contribution in [1.29, 1.82) is 0 Å². The molecule has 3 nitrogen and oxygen atoms in total. The Morgan fingerprint density at radius 1 is 1.17 bits per heavy atom. The van der Waals surface area contributed by atoms with Crippen molar-refractivity contribution in [1.82, 2.24) is 0 Å². The van der Waals surface area contributed by atoms with Crippen LogP contribution in [-0.2, 0) is 6.42 Å². The molecule has 0 aromatic heterocycles. The highest BCUT2D eigenvalue weighted by Gasteiger charge is 2.18. The predicted octanol–water partition coefficient (Wildman–Crippen LogP) is 3.56. The zero-order valence-electron chi connectivity index (χ0n) is 13.5. The third-order valence-corrected chi connectivity index (χ3v) is 5.38. The molecule has 1 aliphatic rings. The van der Waals surface area contributed by atoms with Gasteiger partial charge < -0.3 is 15.3 Å². The van der Waals surface area contributed by atoms with Crippen molar-refractivity contribution in [3.05, 3.63) is 59.7 Å². The topological polar surface area (TPSA) is 35.5 Å². The number of aliphatic hydroxyl groups is 1. The second-order valence-corrected chi connectivity index (χ2v) is 7.06. The molecule has 0 bridgehead atoms. The van der Waals surface area contributed by atoms with Crippen LogP contribution < -0.4 is 10.2 Å². The first-order valence-corrected chi connectivity index (χ1v) is 9.27. The lowest BCUT2D eigenvalue weighted by Crippen LogP contribution is -2.21. The quantitative estimate of drug-likeness (QED) is 0.880.